The number of guanidine groups is 1. The van der Waals surface area contributed by atoms with Gasteiger partial charge < -0.3 is 19.9 Å². The molecule has 0 atom stereocenters. The SMILES string of the molecule is CCNC(=NCCCN1CCCC1=O)N(C)Cc1ccc(OC(F)F)cc1.I. The molecule has 1 N–H and O–H groups in total. The monoisotopic (exact) mass is 510 g/mol. The third kappa shape index (κ3) is 8.15. The van der Waals surface area contributed by atoms with Crippen molar-refractivity contribution in [2.24, 2.45) is 4.99 Å². The van der Waals surface area contributed by atoms with Crippen LogP contribution in [0.1, 0.15) is 31.7 Å². The molecule has 0 bridgehead atoms. The molecule has 1 fully saturated rings. The molecule has 0 aromatic heterocycles. The molecule has 9 heteroatoms. The molecule has 1 aliphatic rings. The van der Waals surface area contributed by atoms with Gasteiger partial charge in [-0.3, -0.25) is 9.79 Å². The molecule has 6 nitrogen and oxygen atoms in total. The van der Waals surface area contributed by atoms with Gasteiger partial charge in [-0.25, -0.2) is 0 Å². The second kappa shape index (κ2) is 12.7. The zero-order valence-corrected chi connectivity index (χ0v) is 18.7. The van der Waals surface area contributed by atoms with Crippen molar-refractivity contribution in [1.29, 1.82) is 0 Å². The molecule has 28 heavy (non-hydrogen) atoms. The van der Waals surface area contributed by atoms with E-state index in [1.165, 1.54) is 12.1 Å². The first kappa shape index (κ1) is 24.4. The second-order valence-corrected chi connectivity index (χ2v) is 6.45. The first-order chi connectivity index (χ1) is 13.0. The predicted molar refractivity (Wildman–Crippen MR) is 116 cm³/mol. The van der Waals surface area contributed by atoms with Crippen LogP contribution in [-0.4, -0.2) is 61.5 Å². The minimum absolute atomic E-state index is 0. The van der Waals surface area contributed by atoms with Crippen LogP contribution in [-0.2, 0) is 11.3 Å². The zero-order valence-electron chi connectivity index (χ0n) is 16.4. The first-order valence-corrected chi connectivity index (χ1v) is 9.30. The summed E-state index contributed by atoms with van der Waals surface area (Å²) in [6.45, 7) is 2.76. The van der Waals surface area contributed by atoms with Crippen LogP contribution in [0.5, 0.6) is 5.75 Å². The van der Waals surface area contributed by atoms with Crippen molar-refractivity contribution in [2.45, 2.75) is 39.3 Å². The summed E-state index contributed by atoms with van der Waals surface area (Å²) in [6, 6.07) is 6.59. The molecule has 158 valence electrons. The maximum atomic E-state index is 12.2. The molecule has 1 saturated heterocycles. The number of carbonyl (C=O) groups is 1. The highest BCUT2D eigenvalue weighted by Gasteiger charge is 2.19. The third-order valence-corrected chi connectivity index (χ3v) is 4.28. The van der Waals surface area contributed by atoms with E-state index < -0.39 is 6.61 Å². The standard InChI is InChI=1S/C19H28F2N4O2.HI/c1-3-22-19(23-11-5-13-25-12-4-6-17(25)26)24(2)14-15-7-9-16(10-8-15)27-18(20)21;/h7-10,18H,3-6,11-14H2,1-2H3,(H,22,23);1H. The highest BCUT2D eigenvalue weighted by Crippen LogP contribution is 2.16. The lowest BCUT2D eigenvalue weighted by atomic mass is 10.2. The Kier molecular flexibility index (Phi) is 11.1. The summed E-state index contributed by atoms with van der Waals surface area (Å²) in [7, 11) is 1.93. The fraction of sp³-hybridized carbons (Fsp3) is 0.579. The number of benzene rings is 1. The number of rotatable bonds is 9. The van der Waals surface area contributed by atoms with Gasteiger partial charge in [0.15, 0.2) is 5.96 Å². The summed E-state index contributed by atoms with van der Waals surface area (Å²) < 4.78 is 28.8. The number of hydrogen-bond donors (Lipinski definition) is 1. The van der Waals surface area contributed by atoms with E-state index in [-0.39, 0.29) is 35.6 Å². The number of alkyl halides is 2. The van der Waals surface area contributed by atoms with Gasteiger partial charge >= 0.3 is 6.61 Å². The average molecular weight is 510 g/mol. The third-order valence-electron chi connectivity index (χ3n) is 4.28. The van der Waals surface area contributed by atoms with Crippen LogP contribution >= 0.6 is 24.0 Å². The summed E-state index contributed by atoms with van der Waals surface area (Å²) in [6.07, 6.45) is 2.44. The van der Waals surface area contributed by atoms with Gasteiger partial charge in [-0.05, 0) is 37.5 Å². The Balaban J connectivity index is 0.00000392. The summed E-state index contributed by atoms with van der Waals surface area (Å²) in [5.41, 5.74) is 0.965. The molecule has 0 saturated carbocycles. The fourth-order valence-electron chi connectivity index (χ4n) is 2.98. The molecule has 1 amide bonds. The van der Waals surface area contributed by atoms with Gasteiger partial charge in [0.2, 0.25) is 5.91 Å². The molecule has 1 heterocycles. The van der Waals surface area contributed by atoms with Gasteiger partial charge in [0, 0.05) is 46.2 Å². The molecular formula is C19H29F2IN4O2. The van der Waals surface area contributed by atoms with E-state index in [0.29, 0.717) is 19.5 Å². The molecule has 0 aliphatic carbocycles. The number of hydrogen-bond acceptors (Lipinski definition) is 3. The Morgan fingerprint density at radius 1 is 1.36 bits per heavy atom. The fourth-order valence-corrected chi connectivity index (χ4v) is 2.98. The van der Waals surface area contributed by atoms with Crippen LogP contribution in [0.15, 0.2) is 29.3 Å². The van der Waals surface area contributed by atoms with Gasteiger partial charge in [0.1, 0.15) is 5.75 Å². The number of nitrogens with zero attached hydrogens (tertiary/aromatic N) is 3. The van der Waals surface area contributed by atoms with Gasteiger partial charge in [-0.1, -0.05) is 12.1 Å². The topological polar surface area (TPSA) is 57.2 Å². The molecule has 2 rings (SSSR count). The van der Waals surface area contributed by atoms with Crippen LogP contribution < -0.4 is 10.1 Å². The lowest BCUT2D eigenvalue weighted by Gasteiger charge is -2.22. The van der Waals surface area contributed by atoms with Crippen molar-refractivity contribution in [2.75, 3.05) is 33.2 Å². The van der Waals surface area contributed by atoms with Crippen molar-refractivity contribution in [3.8, 4) is 5.75 Å². The quantitative estimate of drug-likeness (QED) is 0.240. The Labute approximate surface area is 182 Å². The number of nitrogens with one attached hydrogen (secondary N) is 1. The maximum absolute atomic E-state index is 12.2. The Morgan fingerprint density at radius 3 is 2.64 bits per heavy atom. The second-order valence-electron chi connectivity index (χ2n) is 6.45. The van der Waals surface area contributed by atoms with E-state index >= 15 is 0 Å². The van der Waals surface area contributed by atoms with E-state index in [1.807, 2.05) is 23.8 Å². The minimum atomic E-state index is -2.82. The summed E-state index contributed by atoms with van der Waals surface area (Å²) in [4.78, 5) is 20.1. The number of halogens is 3. The number of carbonyl (C=O) groups excluding carboxylic acids is 1. The van der Waals surface area contributed by atoms with Gasteiger partial charge in [0.05, 0.1) is 0 Å². The summed E-state index contributed by atoms with van der Waals surface area (Å²) in [5, 5.41) is 3.25. The Hall–Kier alpha value is -1.65. The van der Waals surface area contributed by atoms with Crippen molar-refractivity contribution in [3.63, 3.8) is 0 Å². The van der Waals surface area contributed by atoms with Crippen molar-refractivity contribution in [1.82, 2.24) is 15.1 Å². The van der Waals surface area contributed by atoms with Gasteiger partial charge in [-0.2, -0.15) is 8.78 Å². The molecule has 1 aromatic rings. The van der Waals surface area contributed by atoms with E-state index in [0.717, 1.165) is 44.0 Å². The van der Waals surface area contributed by atoms with Crippen LogP contribution in [0.25, 0.3) is 0 Å². The van der Waals surface area contributed by atoms with Crippen molar-refractivity contribution >= 4 is 35.8 Å². The number of likely N-dealkylation sites (tertiary alicyclic amines) is 1. The van der Waals surface area contributed by atoms with Gasteiger partial charge in [0.25, 0.3) is 0 Å². The molecule has 0 spiro atoms. The zero-order chi connectivity index (χ0) is 19.6. The summed E-state index contributed by atoms with van der Waals surface area (Å²) in [5.74, 6) is 1.16. The molecular weight excluding hydrogens is 481 g/mol. The lowest BCUT2D eigenvalue weighted by Crippen LogP contribution is -2.38. The molecule has 1 aromatic carbocycles. The van der Waals surface area contributed by atoms with Crippen LogP contribution in [0, 0.1) is 0 Å². The minimum Gasteiger partial charge on any atom is -0.435 e. The largest absolute Gasteiger partial charge is 0.435 e. The van der Waals surface area contributed by atoms with E-state index in [2.05, 4.69) is 15.0 Å². The van der Waals surface area contributed by atoms with E-state index in [4.69, 9.17) is 0 Å². The van der Waals surface area contributed by atoms with Crippen molar-refractivity contribution < 1.29 is 18.3 Å². The van der Waals surface area contributed by atoms with Crippen LogP contribution in [0.2, 0.25) is 0 Å². The number of ether oxygens (including phenoxy) is 1. The highest BCUT2D eigenvalue weighted by atomic mass is 127. The average Bonchev–Trinajstić information content (AvgIpc) is 3.04. The lowest BCUT2D eigenvalue weighted by molar-refractivity contribution is -0.127. The number of aliphatic imine (C=N–C) groups is 1. The molecule has 0 radical (unpaired) electrons. The van der Waals surface area contributed by atoms with E-state index in [9.17, 15) is 13.6 Å². The van der Waals surface area contributed by atoms with E-state index in [1.54, 1.807) is 12.1 Å². The molecule has 1 aliphatic heterocycles. The highest BCUT2D eigenvalue weighted by molar-refractivity contribution is 14.0. The molecule has 0 unspecified atom stereocenters. The van der Waals surface area contributed by atoms with Gasteiger partial charge in [-0.15, -0.1) is 24.0 Å². The smallest absolute Gasteiger partial charge is 0.387 e. The number of amides is 1. The van der Waals surface area contributed by atoms with Crippen LogP contribution in [0.4, 0.5) is 8.78 Å². The predicted octanol–water partition coefficient (Wildman–Crippen LogP) is 3.32. The summed E-state index contributed by atoms with van der Waals surface area (Å²) >= 11 is 0. The van der Waals surface area contributed by atoms with Crippen LogP contribution in [0.3, 0.4) is 0 Å². The first-order valence-electron chi connectivity index (χ1n) is 9.30. The normalized spacial score (nSPS) is 14.2. The Bertz CT molecular complexity index is 629. The van der Waals surface area contributed by atoms with Crippen molar-refractivity contribution in [3.05, 3.63) is 29.8 Å². The maximum Gasteiger partial charge on any atom is 0.387 e. The Morgan fingerprint density at radius 2 is 2.07 bits per heavy atom.